The third-order valence-electron chi connectivity index (χ3n) is 8.07. The van der Waals surface area contributed by atoms with Crippen LogP contribution in [0.1, 0.15) is 18.7 Å². The van der Waals surface area contributed by atoms with E-state index in [2.05, 4.69) is 97.1 Å². The van der Waals surface area contributed by atoms with Gasteiger partial charge in [0.25, 0.3) is 0 Å². The van der Waals surface area contributed by atoms with Gasteiger partial charge in [-0.05, 0) is 69.6 Å². The van der Waals surface area contributed by atoms with Crippen LogP contribution in [0.2, 0.25) is 0 Å². The minimum Gasteiger partial charge on any atom is -0.455 e. The maximum atomic E-state index is 6.67. The summed E-state index contributed by atoms with van der Waals surface area (Å²) in [4.78, 5) is 4.74. The molecule has 0 radical (unpaired) electrons. The number of hydrogen-bond acceptors (Lipinski definition) is 3. The molecule has 0 aliphatic heterocycles. The van der Waals surface area contributed by atoms with Gasteiger partial charge < -0.3 is 8.83 Å². The van der Waals surface area contributed by atoms with Crippen molar-refractivity contribution in [2.45, 2.75) is 12.8 Å². The van der Waals surface area contributed by atoms with Crippen LogP contribution < -0.4 is 0 Å². The lowest BCUT2D eigenvalue weighted by molar-refractivity contribution is 0.585. The van der Waals surface area contributed by atoms with E-state index in [1.165, 1.54) is 38.4 Å². The summed E-state index contributed by atoms with van der Waals surface area (Å²) >= 11 is 0. The molecule has 0 saturated heterocycles. The zero-order valence-electron chi connectivity index (χ0n) is 20.5. The third-order valence-corrected chi connectivity index (χ3v) is 8.07. The van der Waals surface area contributed by atoms with E-state index in [-0.39, 0.29) is 0 Å². The van der Waals surface area contributed by atoms with Crippen molar-refractivity contribution in [1.29, 1.82) is 0 Å². The highest BCUT2D eigenvalue weighted by Crippen LogP contribution is 2.51. The number of nitrogens with zero attached hydrogens (tertiary/aromatic N) is 1. The first-order chi connectivity index (χ1) is 18.8. The molecule has 0 atom stereocenters. The molecule has 0 amide bonds. The Hall–Kier alpha value is -4.89. The molecule has 5 aromatic carbocycles. The van der Waals surface area contributed by atoms with Crippen molar-refractivity contribution in [3.05, 3.63) is 109 Å². The minimum absolute atomic E-state index is 0.680. The van der Waals surface area contributed by atoms with Crippen LogP contribution in [-0.4, -0.2) is 4.98 Å². The number of benzene rings is 5. The van der Waals surface area contributed by atoms with E-state index in [1.54, 1.807) is 0 Å². The average Bonchev–Trinajstić information content (AvgIpc) is 3.66. The molecule has 178 valence electrons. The van der Waals surface area contributed by atoms with E-state index in [1.807, 2.05) is 6.07 Å². The van der Waals surface area contributed by atoms with Crippen molar-refractivity contribution < 1.29 is 8.83 Å². The topological polar surface area (TPSA) is 39.2 Å². The third kappa shape index (κ3) is 2.65. The van der Waals surface area contributed by atoms with Crippen LogP contribution >= 0.6 is 0 Å². The fourth-order valence-corrected chi connectivity index (χ4v) is 6.38. The second-order valence-corrected chi connectivity index (χ2v) is 10.2. The second-order valence-electron chi connectivity index (χ2n) is 10.2. The fourth-order valence-electron chi connectivity index (χ4n) is 6.38. The zero-order valence-corrected chi connectivity index (χ0v) is 20.5. The van der Waals surface area contributed by atoms with Gasteiger partial charge >= 0.3 is 0 Å². The van der Waals surface area contributed by atoms with Crippen LogP contribution in [0.3, 0.4) is 0 Å². The molecule has 0 spiro atoms. The summed E-state index contributed by atoms with van der Waals surface area (Å²) in [5.41, 5.74) is 11.8. The molecule has 3 heteroatoms. The van der Waals surface area contributed by atoms with Crippen molar-refractivity contribution in [1.82, 2.24) is 4.98 Å². The van der Waals surface area contributed by atoms with Gasteiger partial charge in [-0.2, -0.15) is 0 Å². The van der Waals surface area contributed by atoms with Crippen LogP contribution in [0.15, 0.2) is 112 Å². The van der Waals surface area contributed by atoms with Crippen molar-refractivity contribution in [2.24, 2.45) is 0 Å². The van der Waals surface area contributed by atoms with E-state index >= 15 is 0 Å². The molecule has 2 aliphatic rings. The Bertz CT molecular complexity index is 2190. The normalized spacial score (nSPS) is 14.2. The van der Waals surface area contributed by atoms with E-state index < -0.39 is 0 Å². The predicted octanol–water partition coefficient (Wildman–Crippen LogP) is 9.93. The van der Waals surface area contributed by atoms with Crippen LogP contribution in [0.4, 0.5) is 0 Å². The quantitative estimate of drug-likeness (QED) is 0.243. The van der Waals surface area contributed by atoms with Crippen molar-refractivity contribution in [2.75, 3.05) is 0 Å². The Morgan fingerprint density at radius 1 is 0.605 bits per heavy atom. The first-order valence-electron chi connectivity index (χ1n) is 13.1. The van der Waals surface area contributed by atoms with E-state index in [0.29, 0.717) is 5.89 Å². The monoisotopic (exact) mass is 487 g/mol. The summed E-state index contributed by atoms with van der Waals surface area (Å²) in [6.45, 7) is 0. The number of hydrogen-bond donors (Lipinski definition) is 0. The molecule has 7 aromatic rings. The minimum atomic E-state index is 0.680. The summed E-state index contributed by atoms with van der Waals surface area (Å²) in [7, 11) is 0. The van der Waals surface area contributed by atoms with Gasteiger partial charge in [-0.1, -0.05) is 85.0 Å². The molecule has 2 aromatic heterocycles. The lowest BCUT2D eigenvalue weighted by atomic mass is 9.97. The highest BCUT2D eigenvalue weighted by atomic mass is 16.3. The molecular weight excluding hydrogens is 466 g/mol. The van der Waals surface area contributed by atoms with Crippen LogP contribution in [0.25, 0.3) is 82.8 Å². The van der Waals surface area contributed by atoms with E-state index in [9.17, 15) is 0 Å². The standard InChI is InChI=1S/C35H21NO2/c1-2-8-20(9-3-1)35-36-29-17-16-21(18-30(29)38-35)22-12-6-15-27-33-26-14-7-13-25-23-10-4-5-11-24(23)28(32(25)26)19-31(33)37-34(22)27/h2,4-19H,1,3H2. The van der Waals surface area contributed by atoms with Gasteiger partial charge in [-0.25, -0.2) is 4.98 Å². The number of fused-ring (bicyclic) bond motifs is 8. The van der Waals surface area contributed by atoms with Gasteiger partial charge in [0.05, 0.1) is 0 Å². The number of rotatable bonds is 2. The highest BCUT2D eigenvalue weighted by molar-refractivity contribution is 6.28. The average molecular weight is 488 g/mol. The first-order valence-corrected chi connectivity index (χ1v) is 13.1. The second kappa shape index (κ2) is 7.33. The predicted molar refractivity (Wildman–Crippen MR) is 155 cm³/mol. The van der Waals surface area contributed by atoms with Crippen LogP contribution in [0, 0.1) is 0 Å². The number of allylic oxidation sites excluding steroid dienone is 4. The number of para-hydroxylation sites is 1. The zero-order chi connectivity index (χ0) is 24.8. The smallest absolute Gasteiger partial charge is 0.226 e. The Kier molecular flexibility index (Phi) is 3.90. The SMILES string of the molecule is C1=CC(c2nc3ccc(-c4cccc5c4oc4cc6c7c(cccc7c45)-c4ccccc4-6)cc3o2)=CCC1. The number of furan rings is 1. The highest BCUT2D eigenvalue weighted by Gasteiger charge is 2.25. The lowest BCUT2D eigenvalue weighted by Crippen LogP contribution is -1.84. The van der Waals surface area contributed by atoms with Gasteiger partial charge in [0.1, 0.15) is 16.7 Å². The Labute approximate surface area is 218 Å². The van der Waals surface area contributed by atoms with Crippen molar-refractivity contribution >= 4 is 49.4 Å². The van der Waals surface area contributed by atoms with Crippen LogP contribution in [0.5, 0.6) is 0 Å². The fraction of sp³-hybridized carbons (Fsp3) is 0.0571. The largest absolute Gasteiger partial charge is 0.455 e. The molecule has 0 N–H and O–H groups in total. The van der Waals surface area contributed by atoms with Gasteiger partial charge in [0.15, 0.2) is 5.58 Å². The molecule has 0 fully saturated rings. The number of oxazole rings is 1. The van der Waals surface area contributed by atoms with E-state index in [4.69, 9.17) is 13.8 Å². The van der Waals surface area contributed by atoms with Crippen LogP contribution in [-0.2, 0) is 0 Å². The summed E-state index contributed by atoms with van der Waals surface area (Å²) in [6, 6.07) is 30.2. The molecule has 0 bridgehead atoms. The summed E-state index contributed by atoms with van der Waals surface area (Å²) in [6.07, 6.45) is 8.56. The van der Waals surface area contributed by atoms with Crippen molar-refractivity contribution in [3.63, 3.8) is 0 Å². The molecule has 2 aliphatic carbocycles. The van der Waals surface area contributed by atoms with Crippen molar-refractivity contribution in [3.8, 4) is 33.4 Å². The van der Waals surface area contributed by atoms with Gasteiger partial charge in [0.2, 0.25) is 5.89 Å². The Morgan fingerprint density at radius 2 is 1.42 bits per heavy atom. The Morgan fingerprint density at radius 3 is 2.29 bits per heavy atom. The molecule has 0 saturated carbocycles. The molecule has 0 unspecified atom stereocenters. The maximum Gasteiger partial charge on any atom is 0.226 e. The van der Waals surface area contributed by atoms with Gasteiger partial charge in [-0.3, -0.25) is 0 Å². The Balaban J connectivity index is 1.27. The molecule has 2 heterocycles. The summed E-state index contributed by atoms with van der Waals surface area (Å²) in [5.74, 6) is 0.680. The molecule has 9 rings (SSSR count). The lowest BCUT2D eigenvalue weighted by Gasteiger charge is -2.04. The summed E-state index contributed by atoms with van der Waals surface area (Å²) < 4.78 is 12.9. The molecule has 38 heavy (non-hydrogen) atoms. The molecular formula is C35H21NO2. The first kappa shape index (κ1) is 20.2. The van der Waals surface area contributed by atoms with Gasteiger partial charge in [0, 0.05) is 21.9 Å². The number of aromatic nitrogens is 1. The van der Waals surface area contributed by atoms with E-state index in [0.717, 1.165) is 57.2 Å². The molecule has 3 nitrogen and oxygen atoms in total. The van der Waals surface area contributed by atoms with Gasteiger partial charge in [-0.15, -0.1) is 0 Å². The maximum absolute atomic E-state index is 6.67. The summed E-state index contributed by atoms with van der Waals surface area (Å²) in [5, 5.41) is 4.87.